The van der Waals surface area contributed by atoms with Crippen LogP contribution in [0.1, 0.15) is 18.9 Å². The summed E-state index contributed by atoms with van der Waals surface area (Å²) in [6.07, 6.45) is 0.818. The monoisotopic (exact) mass is 319 g/mol. The maximum Gasteiger partial charge on any atom is 0.243 e. The highest BCUT2D eigenvalue weighted by atomic mass is 79.9. The van der Waals surface area contributed by atoms with Gasteiger partial charge in [-0.1, -0.05) is 35.0 Å². The standard InChI is InChI=1S/C12H18BrNO2S/c1-3-14(9-5-8-13)17(15,16)12-7-4-6-11(2)10-12/h4,6-7,10H,3,5,8-9H2,1-2H3. The van der Waals surface area contributed by atoms with Crippen molar-refractivity contribution in [3.8, 4) is 0 Å². The van der Waals surface area contributed by atoms with Gasteiger partial charge in [-0.25, -0.2) is 8.42 Å². The molecule has 1 aromatic carbocycles. The Morgan fingerprint density at radius 2 is 2.06 bits per heavy atom. The summed E-state index contributed by atoms with van der Waals surface area (Å²) in [4.78, 5) is 0.383. The molecule has 0 saturated heterocycles. The number of nitrogens with zero attached hydrogens (tertiary/aromatic N) is 1. The fourth-order valence-corrected chi connectivity index (χ4v) is 3.45. The first kappa shape index (κ1) is 14.7. The first-order valence-electron chi connectivity index (χ1n) is 5.65. The lowest BCUT2D eigenvalue weighted by Gasteiger charge is -2.20. The highest BCUT2D eigenvalue weighted by Crippen LogP contribution is 2.17. The molecule has 0 fully saturated rings. The summed E-state index contributed by atoms with van der Waals surface area (Å²) in [5.74, 6) is 0. The third-order valence-corrected chi connectivity index (χ3v) is 5.05. The molecule has 0 aliphatic carbocycles. The zero-order valence-corrected chi connectivity index (χ0v) is 12.6. The van der Waals surface area contributed by atoms with E-state index in [0.717, 1.165) is 17.3 Å². The highest BCUT2D eigenvalue weighted by Gasteiger charge is 2.22. The van der Waals surface area contributed by atoms with E-state index >= 15 is 0 Å². The molecule has 96 valence electrons. The number of sulfonamides is 1. The van der Waals surface area contributed by atoms with E-state index in [1.54, 1.807) is 18.2 Å². The maximum atomic E-state index is 12.3. The van der Waals surface area contributed by atoms with Crippen LogP contribution < -0.4 is 0 Å². The van der Waals surface area contributed by atoms with Crippen LogP contribution in [0, 0.1) is 6.92 Å². The molecule has 1 rings (SSSR count). The van der Waals surface area contributed by atoms with Crippen LogP contribution >= 0.6 is 15.9 Å². The summed E-state index contributed by atoms with van der Waals surface area (Å²) in [6, 6.07) is 7.04. The van der Waals surface area contributed by atoms with E-state index in [1.165, 1.54) is 4.31 Å². The minimum absolute atomic E-state index is 0.383. The van der Waals surface area contributed by atoms with E-state index in [9.17, 15) is 8.42 Å². The van der Waals surface area contributed by atoms with Crippen molar-refractivity contribution in [2.24, 2.45) is 0 Å². The fourth-order valence-electron chi connectivity index (χ4n) is 1.61. The largest absolute Gasteiger partial charge is 0.243 e. The van der Waals surface area contributed by atoms with Gasteiger partial charge in [-0.2, -0.15) is 4.31 Å². The van der Waals surface area contributed by atoms with Gasteiger partial charge >= 0.3 is 0 Å². The van der Waals surface area contributed by atoms with Crippen LogP contribution in [0.25, 0.3) is 0 Å². The van der Waals surface area contributed by atoms with Gasteiger partial charge in [-0.05, 0) is 31.0 Å². The van der Waals surface area contributed by atoms with Gasteiger partial charge in [0.15, 0.2) is 0 Å². The number of rotatable bonds is 6. The van der Waals surface area contributed by atoms with Crippen molar-refractivity contribution in [2.75, 3.05) is 18.4 Å². The van der Waals surface area contributed by atoms with Crippen molar-refractivity contribution in [2.45, 2.75) is 25.2 Å². The molecule has 0 unspecified atom stereocenters. The molecule has 3 nitrogen and oxygen atoms in total. The SMILES string of the molecule is CCN(CCCBr)S(=O)(=O)c1cccc(C)c1. The highest BCUT2D eigenvalue weighted by molar-refractivity contribution is 9.09. The molecule has 0 spiro atoms. The number of hydrogen-bond acceptors (Lipinski definition) is 2. The van der Waals surface area contributed by atoms with Crippen molar-refractivity contribution >= 4 is 26.0 Å². The van der Waals surface area contributed by atoms with Gasteiger partial charge in [0.1, 0.15) is 0 Å². The lowest BCUT2D eigenvalue weighted by molar-refractivity contribution is 0.428. The van der Waals surface area contributed by atoms with E-state index in [2.05, 4.69) is 15.9 Å². The normalized spacial score (nSPS) is 12.0. The molecule has 1 aromatic rings. The number of alkyl halides is 1. The zero-order valence-electron chi connectivity index (χ0n) is 10.2. The van der Waals surface area contributed by atoms with Gasteiger partial charge in [0, 0.05) is 18.4 Å². The lowest BCUT2D eigenvalue weighted by Crippen LogP contribution is -2.32. The average Bonchev–Trinajstić information content (AvgIpc) is 2.30. The summed E-state index contributed by atoms with van der Waals surface area (Å²) in [5, 5.41) is 0.812. The first-order chi connectivity index (χ1) is 8.02. The third-order valence-electron chi connectivity index (χ3n) is 2.52. The second-order valence-corrected chi connectivity index (χ2v) is 6.59. The van der Waals surface area contributed by atoms with Crippen LogP contribution in [0.5, 0.6) is 0 Å². The molecule has 0 aliphatic heterocycles. The topological polar surface area (TPSA) is 37.4 Å². The molecule has 0 atom stereocenters. The van der Waals surface area contributed by atoms with E-state index < -0.39 is 10.0 Å². The van der Waals surface area contributed by atoms with Gasteiger partial charge in [-0.3, -0.25) is 0 Å². The number of hydrogen-bond donors (Lipinski definition) is 0. The Hall–Kier alpha value is -0.390. The summed E-state index contributed by atoms with van der Waals surface area (Å²) in [7, 11) is -3.33. The van der Waals surface area contributed by atoms with Gasteiger partial charge in [-0.15, -0.1) is 0 Å². The maximum absolute atomic E-state index is 12.3. The Morgan fingerprint density at radius 1 is 1.35 bits per heavy atom. The summed E-state index contributed by atoms with van der Waals surface area (Å²) in [5.41, 5.74) is 0.961. The van der Waals surface area contributed by atoms with Gasteiger partial charge < -0.3 is 0 Å². The van der Waals surface area contributed by atoms with Crippen LogP contribution in [0.15, 0.2) is 29.2 Å². The van der Waals surface area contributed by atoms with Crippen molar-refractivity contribution in [1.82, 2.24) is 4.31 Å². The molecule has 0 saturated carbocycles. The lowest BCUT2D eigenvalue weighted by atomic mass is 10.2. The fraction of sp³-hybridized carbons (Fsp3) is 0.500. The van der Waals surface area contributed by atoms with Crippen molar-refractivity contribution in [1.29, 1.82) is 0 Å². The van der Waals surface area contributed by atoms with Crippen molar-refractivity contribution in [3.63, 3.8) is 0 Å². The van der Waals surface area contributed by atoms with Crippen molar-refractivity contribution in [3.05, 3.63) is 29.8 Å². The minimum atomic E-state index is -3.33. The van der Waals surface area contributed by atoms with E-state index in [4.69, 9.17) is 0 Å². The van der Waals surface area contributed by atoms with Crippen LogP contribution in [-0.2, 0) is 10.0 Å². The minimum Gasteiger partial charge on any atom is -0.207 e. The summed E-state index contributed by atoms with van der Waals surface area (Å²) in [6.45, 7) is 4.82. The number of aryl methyl sites for hydroxylation is 1. The second kappa shape index (κ2) is 6.52. The van der Waals surface area contributed by atoms with E-state index in [0.29, 0.717) is 18.0 Å². The Balaban J connectivity index is 3.00. The molecular formula is C12H18BrNO2S. The molecule has 0 aliphatic rings. The summed E-state index contributed by atoms with van der Waals surface area (Å²) >= 11 is 3.32. The Kier molecular flexibility index (Phi) is 5.62. The molecule has 0 amide bonds. The van der Waals surface area contributed by atoms with Crippen LogP contribution in [0.2, 0.25) is 0 Å². The van der Waals surface area contributed by atoms with Crippen LogP contribution in [0.4, 0.5) is 0 Å². The molecule has 5 heteroatoms. The molecule has 17 heavy (non-hydrogen) atoms. The van der Waals surface area contributed by atoms with Gasteiger partial charge in [0.2, 0.25) is 10.0 Å². The number of benzene rings is 1. The molecular weight excluding hydrogens is 302 g/mol. The van der Waals surface area contributed by atoms with E-state index in [-0.39, 0.29) is 0 Å². The predicted molar refractivity (Wildman–Crippen MR) is 74.0 cm³/mol. The average molecular weight is 320 g/mol. The Bertz CT molecular complexity index is 459. The Morgan fingerprint density at radius 3 is 2.59 bits per heavy atom. The quantitative estimate of drug-likeness (QED) is 0.756. The second-order valence-electron chi connectivity index (χ2n) is 3.86. The molecule has 0 aromatic heterocycles. The third kappa shape index (κ3) is 3.79. The molecule has 0 N–H and O–H groups in total. The van der Waals surface area contributed by atoms with Crippen LogP contribution in [-0.4, -0.2) is 31.1 Å². The van der Waals surface area contributed by atoms with E-state index in [1.807, 2.05) is 19.9 Å². The molecule has 0 radical (unpaired) electrons. The zero-order chi connectivity index (χ0) is 12.9. The number of halogens is 1. The van der Waals surface area contributed by atoms with Gasteiger partial charge in [0.25, 0.3) is 0 Å². The van der Waals surface area contributed by atoms with Gasteiger partial charge in [0.05, 0.1) is 4.90 Å². The first-order valence-corrected chi connectivity index (χ1v) is 8.21. The smallest absolute Gasteiger partial charge is 0.207 e. The van der Waals surface area contributed by atoms with Crippen molar-refractivity contribution < 1.29 is 8.42 Å². The summed E-state index contributed by atoms with van der Waals surface area (Å²) < 4.78 is 26.2. The molecule has 0 bridgehead atoms. The predicted octanol–water partition coefficient (Wildman–Crippen LogP) is 2.79. The van der Waals surface area contributed by atoms with Crippen LogP contribution in [0.3, 0.4) is 0 Å². The molecule has 0 heterocycles. The Labute approximate surface area is 112 Å².